The monoisotopic (exact) mass is 332 g/mol. The zero-order valence-electron chi connectivity index (χ0n) is 11.9. The Morgan fingerprint density at radius 3 is 2.48 bits per heavy atom. The van der Waals surface area contributed by atoms with Crippen LogP contribution in [-0.2, 0) is 26.4 Å². The molecule has 0 amide bonds. The molecule has 0 spiro atoms. The van der Waals surface area contributed by atoms with Gasteiger partial charge in [-0.25, -0.2) is 21.1 Å². The van der Waals surface area contributed by atoms with Crippen LogP contribution in [0.3, 0.4) is 0 Å². The fourth-order valence-corrected chi connectivity index (χ4v) is 5.92. The maximum absolute atomic E-state index is 12.5. The molecule has 8 heteroatoms. The lowest BCUT2D eigenvalue weighted by atomic mass is 10.2. The van der Waals surface area contributed by atoms with Crippen molar-refractivity contribution in [3.05, 3.63) is 29.8 Å². The van der Waals surface area contributed by atoms with E-state index in [0.717, 1.165) is 5.56 Å². The Morgan fingerprint density at radius 2 is 1.90 bits per heavy atom. The SMILES string of the molecule is CN(Cc1cccc(N)c1)S(=O)(=O)C1CCS(=O)(=O)CC1. The molecule has 0 atom stereocenters. The molecule has 2 rings (SSSR count). The van der Waals surface area contributed by atoms with Crippen molar-refractivity contribution in [2.75, 3.05) is 24.3 Å². The molecule has 1 aromatic carbocycles. The van der Waals surface area contributed by atoms with Crippen molar-refractivity contribution in [3.8, 4) is 0 Å². The van der Waals surface area contributed by atoms with Gasteiger partial charge in [-0.05, 0) is 30.5 Å². The molecule has 0 aliphatic carbocycles. The molecule has 0 saturated carbocycles. The number of nitrogen functional groups attached to an aromatic ring is 1. The van der Waals surface area contributed by atoms with Crippen LogP contribution in [0, 0.1) is 0 Å². The number of hydrogen-bond acceptors (Lipinski definition) is 5. The van der Waals surface area contributed by atoms with Crippen LogP contribution in [0.2, 0.25) is 0 Å². The smallest absolute Gasteiger partial charge is 0.217 e. The maximum Gasteiger partial charge on any atom is 0.217 e. The van der Waals surface area contributed by atoms with Crippen LogP contribution in [0.25, 0.3) is 0 Å². The van der Waals surface area contributed by atoms with Crippen molar-refractivity contribution in [2.24, 2.45) is 0 Å². The lowest BCUT2D eigenvalue weighted by Crippen LogP contribution is -2.40. The fraction of sp³-hybridized carbons (Fsp3) is 0.538. The summed E-state index contributed by atoms with van der Waals surface area (Å²) in [6, 6.07) is 7.06. The van der Waals surface area contributed by atoms with Gasteiger partial charge in [0.15, 0.2) is 0 Å². The molecule has 21 heavy (non-hydrogen) atoms. The van der Waals surface area contributed by atoms with E-state index in [-0.39, 0.29) is 30.9 Å². The van der Waals surface area contributed by atoms with Crippen LogP contribution < -0.4 is 5.73 Å². The molecule has 0 bridgehead atoms. The van der Waals surface area contributed by atoms with Gasteiger partial charge in [-0.1, -0.05) is 12.1 Å². The van der Waals surface area contributed by atoms with Gasteiger partial charge in [-0.3, -0.25) is 0 Å². The van der Waals surface area contributed by atoms with Gasteiger partial charge in [0.05, 0.1) is 16.8 Å². The molecule has 1 aliphatic rings. The number of nitrogens with two attached hydrogens (primary N) is 1. The first kappa shape index (κ1) is 16.3. The van der Waals surface area contributed by atoms with Gasteiger partial charge in [0.2, 0.25) is 10.0 Å². The van der Waals surface area contributed by atoms with E-state index in [1.165, 1.54) is 11.4 Å². The van der Waals surface area contributed by atoms with Crippen LogP contribution in [0.15, 0.2) is 24.3 Å². The second kappa shape index (κ2) is 5.94. The number of sulfonamides is 1. The fourth-order valence-electron chi connectivity index (χ4n) is 2.46. The Bertz CT molecular complexity index is 699. The highest BCUT2D eigenvalue weighted by molar-refractivity contribution is 7.92. The summed E-state index contributed by atoms with van der Waals surface area (Å²) in [6.45, 7) is 0.233. The standard InChI is InChI=1S/C13H20N2O4S2/c1-15(10-11-3-2-4-12(14)9-11)21(18,19)13-5-7-20(16,17)8-6-13/h2-4,9,13H,5-8,10,14H2,1H3. The van der Waals surface area contributed by atoms with Crippen molar-refractivity contribution in [1.82, 2.24) is 4.31 Å². The molecule has 1 aromatic rings. The topological polar surface area (TPSA) is 97.5 Å². The summed E-state index contributed by atoms with van der Waals surface area (Å²) in [6.07, 6.45) is 0.345. The summed E-state index contributed by atoms with van der Waals surface area (Å²) >= 11 is 0. The van der Waals surface area contributed by atoms with Crippen LogP contribution >= 0.6 is 0 Å². The predicted molar refractivity (Wildman–Crippen MR) is 82.9 cm³/mol. The van der Waals surface area contributed by atoms with Gasteiger partial charge < -0.3 is 5.73 Å². The van der Waals surface area contributed by atoms with Crippen molar-refractivity contribution in [1.29, 1.82) is 0 Å². The minimum Gasteiger partial charge on any atom is -0.399 e. The van der Waals surface area contributed by atoms with Gasteiger partial charge in [0, 0.05) is 19.3 Å². The lowest BCUT2D eigenvalue weighted by molar-refractivity contribution is 0.448. The van der Waals surface area contributed by atoms with E-state index in [1.807, 2.05) is 6.07 Å². The molecule has 1 heterocycles. The van der Waals surface area contributed by atoms with Gasteiger partial charge in [0.1, 0.15) is 9.84 Å². The molecule has 1 fully saturated rings. The molecule has 6 nitrogen and oxygen atoms in total. The maximum atomic E-state index is 12.5. The summed E-state index contributed by atoms with van der Waals surface area (Å²) in [5, 5.41) is -0.618. The van der Waals surface area contributed by atoms with E-state index < -0.39 is 25.1 Å². The summed E-state index contributed by atoms with van der Waals surface area (Å²) in [4.78, 5) is 0. The normalized spacial score (nSPS) is 19.7. The third kappa shape index (κ3) is 3.96. The van der Waals surface area contributed by atoms with E-state index in [4.69, 9.17) is 5.73 Å². The first-order valence-corrected chi connectivity index (χ1v) is 10.0. The molecule has 118 valence electrons. The Hall–Kier alpha value is -1.12. The molecule has 1 aliphatic heterocycles. The Balaban J connectivity index is 2.09. The van der Waals surface area contributed by atoms with E-state index in [1.54, 1.807) is 18.2 Å². The van der Waals surface area contributed by atoms with Crippen molar-refractivity contribution in [3.63, 3.8) is 0 Å². The van der Waals surface area contributed by atoms with Crippen LogP contribution in [0.4, 0.5) is 5.69 Å². The Labute approximate surface area is 125 Å². The minimum absolute atomic E-state index is 0.0526. The number of anilines is 1. The highest BCUT2D eigenvalue weighted by Crippen LogP contribution is 2.23. The largest absolute Gasteiger partial charge is 0.399 e. The van der Waals surface area contributed by atoms with Gasteiger partial charge in [0.25, 0.3) is 0 Å². The number of hydrogen-bond donors (Lipinski definition) is 1. The number of benzene rings is 1. The van der Waals surface area contributed by atoms with E-state index in [2.05, 4.69) is 0 Å². The van der Waals surface area contributed by atoms with Gasteiger partial charge in [-0.2, -0.15) is 0 Å². The summed E-state index contributed by atoms with van der Waals surface area (Å²) in [7, 11) is -5.05. The lowest BCUT2D eigenvalue weighted by Gasteiger charge is -2.27. The van der Waals surface area contributed by atoms with Gasteiger partial charge in [-0.15, -0.1) is 0 Å². The van der Waals surface area contributed by atoms with Crippen LogP contribution in [0.1, 0.15) is 18.4 Å². The van der Waals surface area contributed by atoms with E-state index in [9.17, 15) is 16.8 Å². The van der Waals surface area contributed by atoms with Crippen molar-refractivity contribution in [2.45, 2.75) is 24.6 Å². The average Bonchev–Trinajstić information content (AvgIpc) is 2.38. The second-order valence-corrected chi connectivity index (χ2v) is 10.0. The number of sulfone groups is 1. The Kier molecular flexibility index (Phi) is 4.60. The molecular formula is C13H20N2O4S2. The number of nitrogens with zero attached hydrogens (tertiary/aromatic N) is 1. The molecule has 0 aromatic heterocycles. The summed E-state index contributed by atoms with van der Waals surface area (Å²) < 4.78 is 49.1. The Morgan fingerprint density at radius 1 is 1.29 bits per heavy atom. The number of rotatable bonds is 4. The highest BCUT2D eigenvalue weighted by atomic mass is 32.2. The summed E-state index contributed by atoms with van der Waals surface area (Å²) in [5.41, 5.74) is 7.08. The average molecular weight is 332 g/mol. The first-order valence-electron chi connectivity index (χ1n) is 6.71. The third-order valence-corrected chi connectivity index (χ3v) is 7.74. The van der Waals surface area contributed by atoms with Crippen molar-refractivity contribution < 1.29 is 16.8 Å². The molecular weight excluding hydrogens is 312 g/mol. The molecule has 0 unspecified atom stereocenters. The predicted octanol–water partition coefficient (Wildman–Crippen LogP) is 0.608. The van der Waals surface area contributed by atoms with Crippen molar-refractivity contribution >= 4 is 25.5 Å². The van der Waals surface area contributed by atoms with Gasteiger partial charge >= 0.3 is 0 Å². The second-order valence-electron chi connectivity index (χ2n) is 5.40. The quantitative estimate of drug-likeness (QED) is 0.815. The first-order chi connectivity index (χ1) is 9.71. The van der Waals surface area contributed by atoms with Crippen LogP contribution in [-0.4, -0.2) is 44.9 Å². The summed E-state index contributed by atoms with van der Waals surface area (Å²) in [5.74, 6) is -0.105. The highest BCUT2D eigenvalue weighted by Gasteiger charge is 2.35. The molecule has 1 saturated heterocycles. The molecule has 2 N–H and O–H groups in total. The zero-order chi connectivity index (χ0) is 15.7. The third-order valence-electron chi connectivity index (χ3n) is 3.71. The molecule has 0 radical (unpaired) electrons. The van der Waals surface area contributed by atoms with E-state index in [0.29, 0.717) is 5.69 Å². The minimum atomic E-state index is -3.50. The van der Waals surface area contributed by atoms with Crippen LogP contribution in [0.5, 0.6) is 0 Å². The zero-order valence-corrected chi connectivity index (χ0v) is 13.5. The van der Waals surface area contributed by atoms with E-state index >= 15 is 0 Å².